The SMILES string of the molecule is O=C(O)c1cc(Br)ccc1-c1ccc(OC2CC2)cc1. The third-order valence-corrected chi connectivity index (χ3v) is 3.70. The molecular weight excluding hydrogens is 320 g/mol. The van der Waals surface area contributed by atoms with Crippen LogP contribution >= 0.6 is 15.9 Å². The largest absolute Gasteiger partial charge is 0.490 e. The van der Waals surface area contributed by atoms with Crippen LogP contribution in [0.4, 0.5) is 0 Å². The van der Waals surface area contributed by atoms with E-state index in [0.29, 0.717) is 11.7 Å². The summed E-state index contributed by atoms with van der Waals surface area (Å²) in [6.07, 6.45) is 2.61. The number of carboxylic acids is 1. The molecule has 0 radical (unpaired) electrons. The van der Waals surface area contributed by atoms with Crippen LogP contribution in [-0.2, 0) is 0 Å². The van der Waals surface area contributed by atoms with Crippen molar-refractivity contribution in [2.24, 2.45) is 0 Å². The van der Waals surface area contributed by atoms with Gasteiger partial charge in [0.1, 0.15) is 5.75 Å². The first-order valence-electron chi connectivity index (χ1n) is 6.43. The van der Waals surface area contributed by atoms with Gasteiger partial charge in [-0.2, -0.15) is 0 Å². The van der Waals surface area contributed by atoms with Crippen LogP contribution in [0.1, 0.15) is 23.2 Å². The molecular formula is C16H13BrO3. The third-order valence-electron chi connectivity index (χ3n) is 3.20. The molecule has 102 valence electrons. The summed E-state index contributed by atoms with van der Waals surface area (Å²) in [5.41, 5.74) is 1.87. The Morgan fingerprint density at radius 2 is 1.85 bits per heavy atom. The smallest absolute Gasteiger partial charge is 0.336 e. The van der Waals surface area contributed by atoms with Crippen molar-refractivity contribution in [3.63, 3.8) is 0 Å². The number of carboxylic acid groups (broad SMARTS) is 1. The van der Waals surface area contributed by atoms with Gasteiger partial charge in [0.25, 0.3) is 0 Å². The van der Waals surface area contributed by atoms with Gasteiger partial charge >= 0.3 is 5.97 Å². The van der Waals surface area contributed by atoms with E-state index in [2.05, 4.69) is 15.9 Å². The molecule has 0 amide bonds. The molecule has 4 heteroatoms. The maximum absolute atomic E-state index is 11.3. The van der Waals surface area contributed by atoms with Gasteiger partial charge in [-0.3, -0.25) is 0 Å². The quantitative estimate of drug-likeness (QED) is 0.904. The number of carbonyl (C=O) groups is 1. The number of hydrogen-bond acceptors (Lipinski definition) is 2. The first-order valence-corrected chi connectivity index (χ1v) is 7.23. The van der Waals surface area contributed by atoms with E-state index in [-0.39, 0.29) is 5.56 Å². The Kier molecular flexibility index (Phi) is 3.49. The summed E-state index contributed by atoms with van der Waals surface area (Å²) < 4.78 is 6.45. The average molecular weight is 333 g/mol. The van der Waals surface area contributed by atoms with Crippen molar-refractivity contribution in [3.8, 4) is 16.9 Å². The summed E-state index contributed by atoms with van der Waals surface area (Å²) in [7, 11) is 0. The molecule has 1 aliphatic rings. The minimum Gasteiger partial charge on any atom is -0.490 e. The van der Waals surface area contributed by atoms with E-state index in [1.165, 1.54) is 0 Å². The molecule has 3 rings (SSSR count). The Balaban J connectivity index is 1.93. The lowest BCUT2D eigenvalue weighted by atomic mass is 10.00. The van der Waals surface area contributed by atoms with E-state index in [0.717, 1.165) is 28.6 Å². The Morgan fingerprint density at radius 3 is 2.45 bits per heavy atom. The summed E-state index contributed by atoms with van der Waals surface area (Å²) in [4.78, 5) is 11.3. The van der Waals surface area contributed by atoms with E-state index in [9.17, 15) is 9.90 Å². The van der Waals surface area contributed by atoms with E-state index >= 15 is 0 Å². The van der Waals surface area contributed by atoms with Crippen molar-refractivity contribution in [1.82, 2.24) is 0 Å². The highest BCUT2D eigenvalue weighted by Gasteiger charge is 2.23. The highest BCUT2D eigenvalue weighted by Crippen LogP contribution is 2.30. The van der Waals surface area contributed by atoms with Gasteiger partial charge in [0.15, 0.2) is 0 Å². The monoisotopic (exact) mass is 332 g/mol. The van der Waals surface area contributed by atoms with E-state index < -0.39 is 5.97 Å². The molecule has 1 aliphatic carbocycles. The number of ether oxygens (including phenoxy) is 1. The van der Waals surface area contributed by atoms with Gasteiger partial charge in [-0.05, 0) is 48.2 Å². The number of rotatable bonds is 4. The number of hydrogen-bond donors (Lipinski definition) is 1. The fourth-order valence-electron chi connectivity index (χ4n) is 2.04. The molecule has 0 heterocycles. The summed E-state index contributed by atoms with van der Waals surface area (Å²) in [6, 6.07) is 12.8. The molecule has 0 aromatic heterocycles. The minimum atomic E-state index is -0.931. The van der Waals surface area contributed by atoms with Gasteiger partial charge in [-0.15, -0.1) is 0 Å². The Labute approximate surface area is 125 Å². The van der Waals surface area contributed by atoms with E-state index in [1.54, 1.807) is 6.07 Å². The molecule has 3 nitrogen and oxygen atoms in total. The number of aromatic carboxylic acids is 1. The Bertz CT molecular complexity index is 645. The summed E-state index contributed by atoms with van der Waals surface area (Å²) in [5.74, 6) is -0.0927. The molecule has 0 bridgehead atoms. The van der Waals surface area contributed by atoms with Gasteiger partial charge in [-0.1, -0.05) is 34.1 Å². The summed E-state index contributed by atoms with van der Waals surface area (Å²) in [5, 5.41) is 9.29. The topological polar surface area (TPSA) is 46.5 Å². The van der Waals surface area contributed by atoms with Crippen molar-refractivity contribution in [3.05, 3.63) is 52.5 Å². The molecule has 0 atom stereocenters. The predicted molar refractivity (Wildman–Crippen MR) is 80.2 cm³/mol. The van der Waals surface area contributed by atoms with Crippen LogP contribution in [-0.4, -0.2) is 17.2 Å². The molecule has 20 heavy (non-hydrogen) atoms. The highest BCUT2D eigenvalue weighted by atomic mass is 79.9. The maximum atomic E-state index is 11.3. The van der Waals surface area contributed by atoms with Gasteiger partial charge in [0.2, 0.25) is 0 Å². The zero-order valence-corrected chi connectivity index (χ0v) is 12.3. The second-order valence-corrected chi connectivity index (χ2v) is 5.75. The molecule has 0 aliphatic heterocycles. The Morgan fingerprint density at radius 1 is 1.15 bits per heavy atom. The third kappa shape index (κ3) is 2.85. The lowest BCUT2D eigenvalue weighted by Crippen LogP contribution is -2.00. The molecule has 1 N–H and O–H groups in total. The second kappa shape index (κ2) is 5.29. The second-order valence-electron chi connectivity index (χ2n) is 4.84. The van der Waals surface area contributed by atoms with Crippen molar-refractivity contribution in [2.75, 3.05) is 0 Å². The van der Waals surface area contributed by atoms with Crippen LogP contribution < -0.4 is 4.74 Å². The molecule has 0 unspecified atom stereocenters. The summed E-state index contributed by atoms with van der Waals surface area (Å²) >= 11 is 3.30. The van der Waals surface area contributed by atoms with Crippen molar-refractivity contribution in [2.45, 2.75) is 18.9 Å². The summed E-state index contributed by atoms with van der Waals surface area (Å²) in [6.45, 7) is 0. The predicted octanol–water partition coefficient (Wildman–Crippen LogP) is 4.36. The first-order chi connectivity index (χ1) is 9.63. The zero-order chi connectivity index (χ0) is 14.1. The normalized spacial score (nSPS) is 14.1. The minimum absolute atomic E-state index is 0.287. The van der Waals surface area contributed by atoms with Crippen LogP contribution in [0.25, 0.3) is 11.1 Å². The number of halogens is 1. The van der Waals surface area contributed by atoms with Gasteiger partial charge in [0.05, 0.1) is 11.7 Å². The maximum Gasteiger partial charge on any atom is 0.336 e. The molecule has 2 aromatic carbocycles. The molecule has 1 saturated carbocycles. The Hall–Kier alpha value is -1.81. The zero-order valence-electron chi connectivity index (χ0n) is 10.7. The van der Waals surface area contributed by atoms with Crippen molar-refractivity contribution in [1.29, 1.82) is 0 Å². The van der Waals surface area contributed by atoms with Crippen molar-refractivity contribution < 1.29 is 14.6 Å². The van der Waals surface area contributed by atoms with Gasteiger partial charge in [0, 0.05) is 4.47 Å². The molecule has 0 spiro atoms. The lowest BCUT2D eigenvalue weighted by molar-refractivity contribution is 0.0697. The standard InChI is InChI=1S/C16H13BrO3/c17-11-3-8-14(15(9-11)16(18)19)10-1-4-12(5-2-10)20-13-6-7-13/h1-5,8-9,13H,6-7H2,(H,18,19). The average Bonchev–Trinajstić information content (AvgIpc) is 3.24. The van der Waals surface area contributed by atoms with Crippen LogP contribution in [0, 0.1) is 0 Å². The fraction of sp³-hybridized carbons (Fsp3) is 0.188. The number of benzene rings is 2. The first kappa shape index (κ1) is 13.2. The molecule has 0 saturated heterocycles. The highest BCUT2D eigenvalue weighted by molar-refractivity contribution is 9.10. The van der Waals surface area contributed by atoms with E-state index in [1.807, 2.05) is 36.4 Å². The van der Waals surface area contributed by atoms with Crippen LogP contribution in [0.15, 0.2) is 46.9 Å². The fourth-order valence-corrected chi connectivity index (χ4v) is 2.40. The van der Waals surface area contributed by atoms with Gasteiger partial charge in [-0.25, -0.2) is 4.79 Å². The van der Waals surface area contributed by atoms with Crippen LogP contribution in [0.5, 0.6) is 5.75 Å². The van der Waals surface area contributed by atoms with E-state index in [4.69, 9.17) is 4.74 Å². The van der Waals surface area contributed by atoms with Crippen LogP contribution in [0.3, 0.4) is 0 Å². The van der Waals surface area contributed by atoms with Crippen molar-refractivity contribution >= 4 is 21.9 Å². The van der Waals surface area contributed by atoms with Crippen LogP contribution in [0.2, 0.25) is 0 Å². The molecule has 2 aromatic rings. The lowest BCUT2D eigenvalue weighted by Gasteiger charge is -2.09. The van der Waals surface area contributed by atoms with Gasteiger partial charge < -0.3 is 9.84 Å². The molecule has 1 fully saturated rings.